The molecule has 136 valence electrons. The Morgan fingerprint density at radius 1 is 1.32 bits per heavy atom. The molecule has 0 saturated carbocycles. The molecule has 0 unspecified atom stereocenters. The molecule has 1 aromatic carbocycles. The van der Waals surface area contributed by atoms with Gasteiger partial charge in [0, 0.05) is 31.8 Å². The minimum Gasteiger partial charge on any atom is -0.383 e. The second-order valence-electron chi connectivity index (χ2n) is 6.15. The van der Waals surface area contributed by atoms with Crippen LogP contribution in [-0.4, -0.2) is 42.9 Å². The van der Waals surface area contributed by atoms with Gasteiger partial charge in [-0.15, -0.1) is 0 Å². The number of aryl methyl sites for hydroxylation is 2. The largest absolute Gasteiger partial charge is 0.383 e. The molecule has 1 aromatic heterocycles. The first-order valence-electron chi connectivity index (χ1n) is 8.60. The van der Waals surface area contributed by atoms with Gasteiger partial charge in [0.1, 0.15) is 5.69 Å². The van der Waals surface area contributed by atoms with Crippen LogP contribution in [0.2, 0.25) is 0 Å². The third-order valence-corrected chi connectivity index (χ3v) is 3.95. The maximum absolute atomic E-state index is 12.3. The molecular formula is C19H27N3O3. The van der Waals surface area contributed by atoms with Crippen molar-refractivity contribution < 1.29 is 14.1 Å². The van der Waals surface area contributed by atoms with Crippen LogP contribution in [0, 0.1) is 13.8 Å². The Bertz CT molecular complexity index is 697. The lowest BCUT2D eigenvalue weighted by Crippen LogP contribution is -2.41. The van der Waals surface area contributed by atoms with Crippen molar-refractivity contribution in [3.8, 4) is 11.3 Å². The van der Waals surface area contributed by atoms with Crippen LogP contribution in [0.4, 0.5) is 4.79 Å². The van der Waals surface area contributed by atoms with Crippen molar-refractivity contribution in [1.29, 1.82) is 0 Å². The van der Waals surface area contributed by atoms with Gasteiger partial charge in [0.15, 0.2) is 5.76 Å². The lowest BCUT2D eigenvalue weighted by Gasteiger charge is -2.21. The smallest absolute Gasteiger partial charge is 0.317 e. The van der Waals surface area contributed by atoms with Crippen LogP contribution in [0.3, 0.4) is 0 Å². The fraction of sp³-hybridized carbons (Fsp3) is 0.474. The topological polar surface area (TPSA) is 67.6 Å². The summed E-state index contributed by atoms with van der Waals surface area (Å²) in [6, 6.07) is 8.00. The van der Waals surface area contributed by atoms with Gasteiger partial charge in [0.25, 0.3) is 0 Å². The molecule has 0 fully saturated rings. The maximum Gasteiger partial charge on any atom is 0.317 e. The molecule has 0 atom stereocenters. The van der Waals surface area contributed by atoms with Gasteiger partial charge in [-0.3, -0.25) is 0 Å². The summed E-state index contributed by atoms with van der Waals surface area (Å²) in [7, 11) is 1.62. The fourth-order valence-electron chi connectivity index (χ4n) is 2.51. The molecule has 0 bridgehead atoms. The molecule has 1 heterocycles. The van der Waals surface area contributed by atoms with E-state index < -0.39 is 0 Å². The number of hydrogen-bond acceptors (Lipinski definition) is 4. The second-order valence-corrected chi connectivity index (χ2v) is 6.15. The Hall–Kier alpha value is -2.34. The van der Waals surface area contributed by atoms with E-state index in [-0.39, 0.29) is 6.03 Å². The predicted molar refractivity (Wildman–Crippen MR) is 97.4 cm³/mol. The zero-order valence-corrected chi connectivity index (χ0v) is 15.5. The van der Waals surface area contributed by atoms with Gasteiger partial charge in [-0.2, -0.15) is 0 Å². The van der Waals surface area contributed by atoms with E-state index >= 15 is 0 Å². The van der Waals surface area contributed by atoms with Gasteiger partial charge in [-0.1, -0.05) is 29.8 Å². The quantitative estimate of drug-likeness (QED) is 0.795. The average molecular weight is 345 g/mol. The first-order valence-corrected chi connectivity index (χ1v) is 8.60. The molecule has 0 aliphatic carbocycles. The van der Waals surface area contributed by atoms with E-state index in [0.717, 1.165) is 29.0 Å². The minimum atomic E-state index is -0.116. The van der Waals surface area contributed by atoms with E-state index in [1.165, 1.54) is 5.56 Å². The zero-order valence-electron chi connectivity index (χ0n) is 15.5. The number of nitrogens with one attached hydrogen (secondary N) is 1. The van der Waals surface area contributed by atoms with Gasteiger partial charge < -0.3 is 19.5 Å². The number of amides is 2. The van der Waals surface area contributed by atoms with Crippen LogP contribution in [0.5, 0.6) is 0 Å². The average Bonchev–Trinajstić information content (AvgIpc) is 3.06. The molecule has 6 heteroatoms. The number of hydrogen-bond donors (Lipinski definition) is 1. The zero-order chi connectivity index (χ0) is 18.2. The number of methoxy groups -OCH3 is 1. The number of carbonyl (C=O) groups excluding carboxylic acids is 1. The van der Waals surface area contributed by atoms with E-state index in [2.05, 4.69) is 28.7 Å². The molecule has 6 nitrogen and oxygen atoms in total. The lowest BCUT2D eigenvalue weighted by atomic mass is 10.0. The van der Waals surface area contributed by atoms with Crippen LogP contribution in [-0.2, 0) is 11.3 Å². The third-order valence-electron chi connectivity index (χ3n) is 3.95. The summed E-state index contributed by atoms with van der Waals surface area (Å²) in [5, 5.41) is 7.03. The summed E-state index contributed by atoms with van der Waals surface area (Å²) in [6.07, 6.45) is 0.893. The SMILES string of the molecule is CCCNC(=O)N(CCOC)Cc1cc(-c2cc(C)ccc2C)on1. The second kappa shape index (κ2) is 9.22. The molecule has 0 aliphatic heterocycles. The van der Waals surface area contributed by atoms with E-state index in [1.807, 2.05) is 26.8 Å². The summed E-state index contributed by atoms with van der Waals surface area (Å²) in [5.74, 6) is 0.719. The van der Waals surface area contributed by atoms with Crippen LogP contribution >= 0.6 is 0 Å². The van der Waals surface area contributed by atoms with E-state index in [1.54, 1.807) is 12.0 Å². The monoisotopic (exact) mass is 345 g/mol. The highest BCUT2D eigenvalue weighted by atomic mass is 16.5. The third kappa shape index (κ3) is 5.32. The first kappa shape index (κ1) is 19.0. The summed E-state index contributed by atoms with van der Waals surface area (Å²) in [4.78, 5) is 14.0. The van der Waals surface area contributed by atoms with Crippen molar-refractivity contribution in [3.05, 3.63) is 41.1 Å². The molecule has 0 saturated heterocycles. The summed E-state index contributed by atoms with van der Waals surface area (Å²) >= 11 is 0. The highest BCUT2D eigenvalue weighted by molar-refractivity contribution is 5.74. The number of rotatable bonds is 8. The minimum absolute atomic E-state index is 0.116. The molecule has 0 radical (unpaired) electrons. The van der Waals surface area contributed by atoms with Crippen molar-refractivity contribution >= 4 is 6.03 Å². The maximum atomic E-state index is 12.3. The number of aromatic nitrogens is 1. The first-order chi connectivity index (χ1) is 12.0. The van der Waals surface area contributed by atoms with Crippen LogP contribution in [0.1, 0.15) is 30.2 Å². The Morgan fingerprint density at radius 3 is 2.84 bits per heavy atom. The Balaban J connectivity index is 2.13. The number of carbonyl (C=O) groups is 1. The van der Waals surface area contributed by atoms with E-state index in [0.29, 0.717) is 26.2 Å². The van der Waals surface area contributed by atoms with E-state index in [4.69, 9.17) is 9.26 Å². The van der Waals surface area contributed by atoms with Crippen LogP contribution in [0.15, 0.2) is 28.8 Å². The van der Waals surface area contributed by atoms with Gasteiger partial charge in [0.05, 0.1) is 13.2 Å². The molecular weight excluding hydrogens is 318 g/mol. The van der Waals surface area contributed by atoms with Crippen LogP contribution in [0.25, 0.3) is 11.3 Å². The van der Waals surface area contributed by atoms with E-state index in [9.17, 15) is 4.79 Å². The molecule has 2 amide bonds. The molecule has 1 N–H and O–H groups in total. The highest BCUT2D eigenvalue weighted by Crippen LogP contribution is 2.25. The van der Waals surface area contributed by atoms with Crippen molar-refractivity contribution in [1.82, 2.24) is 15.4 Å². The highest BCUT2D eigenvalue weighted by Gasteiger charge is 2.17. The van der Waals surface area contributed by atoms with Crippen LogP contribution < -0.4 is 5.32 Å². The number of nitrogens with zero attached hydrogens (tertiary/aromatic N) is 2. The number of benzene rings is 1. The molecule has 2 aromatic rings. The van der Waals surface area contributed by atoms with Gasteiger partial charge >= 0.3 is 6.03 Å². The summed E-state index contributed by atoms with van der Waals surface area (Å²) < 4.78 is 10.6. The van der Waals surface area contributed by atoms with Crippen molar-refractivity contribution in [2.45, 2.75) is 33.7 Å². The van der Waals surface area contributed by atoms with Crippen molar-refractivity contribution in [2.75, 3.05) is 26.8 Å². The summed E-state index contributed by atoms with van der Waals surface area (Å²) in [6.45, 7) is 8.11. The number of urea groups is 1. The van der Waals surface area contributed by atoms with Gasteiger partial charge in [0.2, 0.25) is 0 Å². The molecule has 0 spiro atoms. The van der Waals surface area contributed by atoms with Gasteiger partial charge in [-0.25, -0.2) is 4.79 Å². The Labute approximate surface area is 149 Å². The normalized spacial score (nSPS) is 10.7. The Morgan fingerprint density at radius 2 is 2.12 bits per heavy atom. The summed E-state index contributed by atoms with van der Waals surface area (Å²) in [5.41, 5.74) is 4.04. The molecule has 2 rings (SSSR count). The standard InChI is InChI=1S/C19H27N3O3/c1-5-8-20-19(23)22(9-10-24-4)13-16-12-18(25-21-16)17-11-14(2)6-7-15(17)3/h6-7,11-12H,5,8-10,13H2,1-4H3,(H,20,23). The number of ether oxygens (including phenoxy) is 1. The van der Waals surface area contributed by atoms with Gasteiger partial charge in [-0.05, 0) is 31.9 Å². The predicted octanol–water partition coefficient (Wildman–Crippen LogP) is 3.53. The van der Waals surface area contributed by atoms with Crippen molar-refractivity contribution in [3.63, 3.8) is 0 Å². The molecule has 25 heavy (non-hydrogen) atoms. The molecule has 0 aliphatic rings. The fourth-order valence-corrected chi connectivity index (χ4v) is 2.51. The Kier molecular flexibility index (Phi) is 7.01. The lowest BCUT2D eigenvalue weighted by molar-refractivity contribution is 0.145. The van der Waals surface area contributed by atoms with Crippen molar-refractivity contribution in [2.24, 2.45) is 0 Å².